The van der Waals surface area contributed by atoms with E-state index in [2.05, 4.69) is 24.8 Å². The molecule has 0 amide bonds. The van der Waals surface area contributed by atoms with Crippen LogP contribution in [0.3, 0.4) is 0 Å². The molecule has 0 radical (unpaired) electrons. The van der Waals surface area contributed by atoms with Gasteiger partial charge in [0.05, 0.1) is 13.2 Å². The number of benzene rings is 1. The van der Waals surface area contributed by atoms with E-state index < -0.39 is 0 Å². The Kier molecular flexibility index (Phi) is 4.46. The van der Waals surface area contributed by atoms with Gasteiger partial charge in [0.25, 0.3) is 0 Å². The molecule has 8 heteroatoms. The van der Waals surface area contributed by atoms with Crippen molar-refractivity contribution >= 4 is 40.2 Å². The van der Waals surface area contributed by atoms with Crippen molar-refractivity contribution in [3.8, 4) is 0 Å². The smallest absolute Gasteiger partial charge is 0.225 e. The molecule has 0 aliphatic carbocycles. The van der Waals surface area contributed by atoms with Gasteiger partial charge < -0.3 is 9.64 Å². The Morgan fingerprint density at radius 2 is 1.79 bits per heavy atom. The molecule has 0 bridgehead atoms. The van der Waals surface area contributed by atoms with E-state index in [9.17, 15) is 0 Å². The zero-order valence-electron chi connectivity index (χ0n) is 12.7. The molecule has 0 atom stereocenters. The lowest BCUT2D eigenvalue weighted by Gasteiger charge is -2.28. The number of nitrogens with zero attached hydrogens (tertiary/aromatic N) is 5. The number of halogens is 1. The van der Waals surface area contributed by atoms with Crippen molar-refractivity contribution in [1.29, 1.82) is 0 Å². The summed E-state index contributed by atoms with van der Waals surface area (Å²) in [6.45, 7) is 2.85. The Morgan fingerprint density at radius 3 is 2.58 bits per heavy atom. The van der Waals surface area contributed by atoms with Crippen molar-refractivity contribution in [2.45, 2.75) is 9.92 Å². The summed E-state index contributed by atoms with van der Waals surface area (Å²) in [7, 11) is 0. The Labute approximate surface area is 148 Å². The van der Waals surface area contributed by atoms with Crippen LogP contribution in [-0.4, -0.2) is 46.2 Å². The molecule has 24 heavy (non-hydrogen) atoms. The van der Waals surface area contributed by atoms with Crippen molar-refractivity contribution in [3.63, 3.8) is 0 Å². The van der Waals surface area contributed by atoms with Crippen LogP contribution in [-0.2, 0) is 4.74 Å². The maximum Gasteiger partial charge on any atom is 0.225 e. The first-order valence-electron chi connectivity index (χ1n) is 7.55. The third-order valence-corrected chi connectivity index (χ3v) is 4.84. The summed E-state index contributed by atoms with van der Waals surface area (Å²) in [6.07, 6.45) is 1.55. The summed E-state index contributed by atoms with van der Waals surface area (Å²) in [6, 6.07) is 10.0. The van der Waals surface area contributed by atoms with Crippen LogP contribution in [0.25, 0.3) is 11.0 Å². The van der Waals surface area contributed by atoms with Gasteiger partial charge in [-0.1, -0.05) is 30.0 Å². The van der Waals surface area contributed by atoms with E-state index in [1.54, 1.807) is 6.33 Å². The van der Waals surface area contributed by atoms with Crippen molar-refractivity contribution in [2.24, 2.45) is 0 Å². The normalized spacial score (nSPS) is 15.0. The number of morpholine rings is 1. The molecule has 0 saturated carbocycles. The van der Waals surface area contributed by atoms with Crippen LogP contribution in [0.1, 0.15) is 0 Å². The lowest BCUT2D eigenvalue weighted by atomic mass is 10.3. The molecule has 3 aromatic rings. The highest BCUT2D eigenvalue weighted by Gasteiger charge is 2.20. The first kappa shape index (κ1) is 15.6. The number of aromatic nitrogens is 4. The summed E-state index contributed by atoms with van der Waals surface area (Å²) in [5.41, 5.74) is 1.39. The summed E-state index contributed by atoms with van der Waals surface area (Å²) in [4.78, 5) is 20.8. The third-order valence-electron chi connectivity index (χ3n) is 3.67. The average molecular weight is 360 g/mol. The van der Waals surface area contributed by atoms with Crippen molar-refractivity contribution in [1.82, 2.24) is 19.9 Å². The highest BCUT2D eigenvalue weighted by atomic mass is 35.5. The summed E-state index contributed by atoms with van der Waals surface area (Å²) >= 11 is 7.71. The Bertz CT molecular complexity index is 858. The summed E-state index contributed by atoms with van der Waals surface area (Å²) < 4.78 is 5.41. The van der Waals surface area contributed by atoms with Gasteiger partial charge in [-0.2, -0.15) is 4.98 Å². The van der Waals surface area contributed by atoms with Gasteiger partial charge in [0, 0.05) is 18.0 Å². The van der Waals surface area contributed by atoms with Crippen molar-refractivity contribution in [3.05, 3.63) is 41.9 Å². The van der Waals surface area contributed by atoms with Crippen molar-refractivity contribution < 1.29 is 4.74 Å². The second-order valence-electron chi connectivity index (χ2n) is 5.21. The monoisotopic (exact) mass is 359 g/mol. The minimum Gasteiger partial charge on any atom is -0.378 e. The van der Waals surface area contributed by atoms with Gasteiger partial charge in [0.15, 0.2) is 5.82 Å². The van der Waals surface area contributed by atoms with Gasteiger partial charge in [-0.05, 0) is 23.7 Å². The van der Waals surface area contributed by atoms with Crippen LogP contribution in [0.2, 0.25) is 5.28 Å². The molecule has 1 aliphatic heterocycles. The van der Waals surface area contributed by atoms with E-state index in [0.717, 1.165) is 34.3 Å². The molecule has 4 rings (SSSR count). The molecule has 1 aliphatic rings. The molecule has 1 saturated heterocycles. The number of anilines is 1. The lowest BCUT2D eigenvalue weighted by molar-refractivity contribution is 0.122. The molecular formula is C16H14ClN5OS. The highest BCUT2D eigenvalue weighted by Crippen LogP contribution is 2.33. The lowest BCUT2D eigenvalue weighted by Crippen LogP contribution is -2.37. The molecule has 0 spiro atoms. The zero-order chi connectivity index (χ0) is 16.4. The predicted octanol–water partition coefficient (Wildman–Crippen LogP) is 3.06. The predicted molar refractivity (Wildman–Crippen MR) is 93.7 cm³/mol. The second kappa shape index (κ2) is 6.88. The fourth-order valence-electron chi connectivity index (χ4n) is 2.56. The minimum absolute atomic E-state index is 0.203. The van der Waals surface area contributed by atoms with Crippen LogP contribution in [0.5, 0.6) is 0 Å². The van der Waals surface area contributed by atoms with Crippen LogP contribution < -0.4 is 4.90 Å². The number of rotatable bonds is 3. The molecule has 3 heterocycles. The molecular weight excluding hydrogens is 346 g/mol. The molecule has 0 unspecified atom stereocenters. The maximum absolute atomic E-state index is 6.17. The largest absolute Gasteiger partial charge is 0.378 e. The Morgan fingerprint density at radius 1 is 1.00 bits per heavy atom. The molecule has 6 nitrogen and oxygen atoms in total. The zero-order valence-corrected chi connectivity index (χ0v) is 14.3. The van der Waals surface area contributed by atoms with E-state index in [1.165, 1.54) is 11.8 Å². The van der Waals surface area contributed by atoms with Gasteiger partial charge in [-0.3, -0.25) is 0 Å². The van der Waals surface area contributed by atoms with Crippen LogP contribution >= 0.6 is 23.4 Å². The molecule has 1 aromatic carbocycles. The summed E-state index contributed by atoms with van der Waals surface area (Å²) in [5, 5.41) is 0.971. The Hall–Kier alpha value is -1.96. The van der Waals surface area contributed by atoms with Crippen LogP contribution in [0.15, 0.2) is 46.6 Å². The van der Waals surface area contributed by atoms with E-state index in [1.807, 2.05) is 30.3 Å². The minimum atomic E-state index is 0.203. The van der Waals surface area contributed by atoms with Gasteiger partial charge in [0.1, 0.15) is 22.4 Å². The van der Waals surface area contributed by atoms with Gasteiger partial charge in [0.2, 0.25) is 5.28 Å². The van der Waals surface area contributed by atoms with Crippen molar-refractivity contribution in [2.75, 3.05) is 31.2 Å². The van der Waals surface area contributed by atoms with Crippen LogP contribution in [0.4, 0.5) is 5.82 Å². The van der Waals surface area contributed by atoms with E-state index >= 15 is 0 Å². The van der Waals surface area contributed by atoms with E-state index in [0.29, 0.717) is 18.7 Å². The van der Waals surface area contributed by atoms with Gasteiger partial charge in [-0.25, -0.2) is 15.0 Å². The standard InChI is InChI=1S/C16H14ClN5OS/c17-16-20-13-12(14(21-16)22-6-8-23-9-7-22)18-10-19-15(13)24-11-4-2-1-3-5-11/h1-5,10H,6-9H2. The second-order valence-corrected chi connectivity index (χ2v) is 6.61. The first-order chi connectivity index (χ1) is 11.8. The SMILES string of the molecule is Clc1nc(N2CCOCC2)c2ncnc(Sc3ccccc3)c2n1. The molecule has 2 aromatic heterocycles. The number of ether oxygens (including phenoxy) is 1. The highest BCUT2D eigenvalue weighted by molar-refractivity contribution is 7.99. The molecule has 0 N–H and O–H groups in total. The number of hydrogen-bond donors (Lipinski definition) is 0. The number of hydrogen-bond acceptors (Lipinski definition) is 7. The quantitative estimate of drug-likeness (QED) is 0.526. The van der Waals surface area contributed by atoms with E-state index in [-0.39, 0.29) is 5.28 Å². The topological polar surface area (TPSA) is 64.0 Å². The average Bonchev–Trinajstić information content (AvgIpc) is 2.63. The number of fused-ring (bicyclic) bond motifs is 1. The summed E-state index contributed by atoms with van der Waals surface area (Å²) in [5.74, 6) is 0.741. The maximum atomic E-state index is 6.17. The molecule has 1 fully saturated rings. The fraction of sp³-hybridized carbons (Fsp3) is 0.250. The third kappa shape index (κ3) is 3.15. The van der Waals surface area contributed by atoms with Gasteiger partial charge >= 0.3 is 0 Å². The molecule has 122 valence electrons. The van der Waals surface area contributed by atoms with E-state index in [4.69, 9.17) is 16.3 Å². The first-order valence-corrected chi connectivity index (χ1v) is 8.74. The van der Waals surface area contributed by atoms with Gasteiger partial charge in [-0.15, -0.1) is 0 Å². The van der Waals surface area contributed by atoms with Crippen LogP contribution in [0, 0.1) is 0 Å². The Balaban J connectivity index is 1.80. The fourth-order valence-corrected chi connectivity index (χ4v) is 3.57.